The standard InChI is InChI=1S/C22H20ClN7O2/c1-12(26-19-17(27-13(2)31)11-25-22(24)29-19)20-28-16-10-6-9-15(23)18(16)21(32)30(20)14-7-4-3-5-8-14/h3-12H,1-2H3,(H,27,31)(H3,24,25,26,29). The van der Waals surface area contributed by atoms with Crippen LogP contribution in [-0.4, -0.2) is 25.4 Å². The molecule has 1 atom stereocenters. The first-order valence-corrected chi connectivity index (χ1v) is 10.2. The molecule has 32 heavy (non-hydrogen) atoms. The van der Waals surface area contributed by atoms with Crippen LogP contribution < -0.4 is 21.9 Å². The van der Waals surface area contributed by atoms with E-state index in [0.29, 0.717) is 38.9 Å². The second-order valence-electron chi connectivity index (χ2n) is 7.12. The highest BCUT2D eigenvalue weighted by Gasteiger charge is 2.21. The lowest BCUT2D eigenvalue weighted by molar-refractivity contribution is -0.114. The maximum atomic E-state index is 13.5. The summed E-state index contributed by atoms with van der Waals surface area (Å²) in [5.74, 6) is 0.489. The Morgan fingerprint density at radius 1 is 1.12 bits per heavy atom. The molecule has 0 fully saturated rings. The van der Waals surface area contributed by atoms with Crippen LogP contribution in [0.2, 0.25) is 5.02 Å². The van der Waals surface area contributed by atoms with Gasteiger partial charge in [-0.05, 0) is 31.2 Å². The van der Waals surface area contributed by atoms with Crippen molar-refractivity contribution in [2.45, 2.75) is 19.9 Å². The normalized spacial score (nSPS) is 11.8. The smallest absolute Gasteiger partial charge is 0.267 e. The van der Waals surface area contributed by atoms with Gasteiger partial charge >= 0.3 is 0 Å². The third kappa shape index (κ3) is 4.10. The van der Waals surface area contributed by atoms with Gasteiger partial charge in [-0.1, -0.05) is 35.9 Å². The Kier molecular flexibility index (Phi) is 5.74. The van der Waals surface area contributed by atoms with E-state index in [1.807, 2.05) is 37.3 Å². The summed E-state index contributed by atoms with van der Waals surface area (Å²) in [6.45, 7) is 3.21. The maximum absolute atomic E-state index is 13.5. The van der Waals surface area contributed by atoms with Crippen molar-refractivity contribution in [1.82, 2.24) is 19.5 Å². The van der Waals surface area contributed by atoms with E-state index in [0.717, 1.165) is 0 Å². The van der Waals surface area contributed by atoms with Gasteiger partial charge in [-0.15, -0.1) is 0 Å². The van der Waals surface area contributed by atoms with Crippen LogP contribution in [0.1, 0.15) is 25.7 Å². The molecule has 10 heteroatoms. The van der Waals surface area contributed by atoms with Crippen LogP contribution in [0.5, 0.6) is 0 Å². The Bertz CT molecular complexity index is 1370. The lowest BCUT2D eigenvalue weighted by Gasteiger charge is -2.21. The van der Waals surface area contributed by atoms with Crippen molar-refractivity contribution in [2.24, 2.45) is 0 Å². The Morgan fingerprint density at radius 3 is 2.59 bits per heavy atom. The molecule has 0 aliphatic rings. The molecule has 0 aliphatic heterocycles. The molecule has 9 nitrogen and oxygen atoms in total. The first-order chi connectivity index (χ1) is 15.3. The molecule has 0 saturated carbocycles. The van der Waals surface area contributed by atoms with Gasteiger partial charge < -0.3 is 16.4 Å². The second kappa shape index (κ2) is 8.64. The lowest BCUT2D eigenvalue weighted by atomic mass is 10.2. The van der Waals surface area contributed by atoms with Crippen LogP contribution in [0.15, 0.2) is 59.5 Å². The molecule has 1 unspecified atom stereocenters. The Labute approximate surface area is 188 Å². The van der Waals surface area contributed by atoms with Crippen molar-refractivity contribution in [2.75, 3.05) is 16.4 Å². The molecule has 2 aromatic carbocycles. The third-order valence-corrected chi connectivity index (χ3v) is 5.06. The summed E-state index contributed by atoms with van der Waals surface area (Å²) in [6, 6.07) is 13.8. The lowest BCUT2D eigenvalue weighted by Crippen LogP contribution is -2.28. The number of fused-ring (bicyclic) bond motifs is 1. The van der Waals surface area contributed by atoms with Gasteiger partial charge in [0.1, 0.15) is 11.5 Å². The van der Waals surface area contributed by atoms with Gasteiger partial charge in [0, 0.05) is 6.92 Å². The monoisotopic (exact) mass is 449 g/mol. The number of amides is 1. The van der Waals surface area contributed by atoms with Gasteiger partial charge in [0.05, 0.1) is 33.9 Å². The Balaban J connectivity index is 1.89. The number of hydrogen-bond donors (Lipinski definition) is 3. The van der Waals surface area contributed by atoms with E-state index in [4.69, 9.17) is 22.3 Å². The number of halogens is 1. The van der Waals surface area contributed by atoms with E-state index in [2.05, 4.69) is 20.6 Å². The largest absolute Gasteiger partial charge is 0.368 e. The number of para-hydroxylation sites is 1. The number of benzene rings is 2. The summed E-state index contributed by atoms with van der Waals surface area (Å²) in [7, 11) is 0. The van der Waals surface area contributed by atoms with E-state index in [-0.39, 0.29) is 17.4 Å². The number of nitrogen functional groups attached to an aromatic ring is 1. The van der Waals surface area contributed by atoms with Crippen molar-refractivity contribution >= 4 is 45.9 Å². The number of nitrogens with two attached hydrogens (primary N) is 1. The zero-order valence-corrected chi connectivity index (χ0v) is 18.1. The molecule has 0 aliphatic carbocycles. The SMILES string of the molecule is CC(=O)Nc1cnc(N)nc1NC(C)c1nc2cccc(Cl)c2c(=O)n1-c1ccccc1. The van der Waals surface area contributed by atoms with Gasteiger partial charge in [0.15, 0.2) is 5.82 Å². The molecular weight excluding hydrogens is 430 g/mol. The Hall–Kier alpha value is -3.98. The van der Waals surface area contributed by atoms with E-state index >= 15 is 0 Å². The first-order valence-electron chi connectivity index (χ1n) is 9.78. The first kappa shape index (κ1) is 21.3. The van der Waals surface area contributed by atoms with Crippen LogP contribution in [-0.2, 0) is 4.79 Å². The minimum atomic E-state index is -0.506. The number of carbonyl (C=O) groups excluding carboxylic acids is 1. The molecule has 4 aromatic rings. The fraction of sp³-hybridized carbons (Fsp3) is 0.136. The van der Waals surface area contributed by atoms with Crippen molar-refractivity contribution in [3.8, 4) is 5.69 Å². The van der Waals surface area contributed by atoms with Gasteiger partial charge in [-0.25, -0.2) is 9.97 Å². The van der Waals surface area contributed by atoms with Crippen LogP contribution in [0.4, 0.5) is 17.5 Å². The van der Waals surface area contributed by atoms with Gasteiger partial charge in [0.2, 0.25) is 11.9 Å². The molecule has 0 saturated heterocycles. The highest BCUT2D eigenvalue weighted by atomic mass is 35.5. The minimum Gasteiger partial charge on any atom is -0.368 e. The quantitative estimate of drug-likeness (QED) is 0.425. The molecule has 162 valence electrons. The number of hydrogen-bond acceptors (Lipinski definition) is 7. The predicted molar refractivity (Wildman–Crippen MR) is 125 cm³/mol. The van der Waals surface area contributed by atoms with Gasteiger partial charge in [0.25, 0.3) is 5.56 Å². The summed E-state index contributed by atoms with van der Waals surface area (Å²) in [6.07, 6.45) is 1.41. The highest BCUT2D eigenvalue weighted by Crippen LogP contribution is 2.27. The topological polar surface area (TPSA) is 128 Å². The van der Waals surface area contributed by atoms with Crippen LogP contribution >= 0.6 is 11.6 Å². The molecule has 0 bridgehead atoms. The molecule has 0 radical (unpaired) electrons. The number of aromatic nitrogens is 4. The summed E-state index contributed by atoms with van der Waals surface area (Å²) in [4.78, 5) is 37.9. The minimum absolute atomic E-state index is 0.0347. The van der Waals surface area contributed by atoms with E-state index < -0.39 is 6.04 Å². The van der Waals surface area contributed by atoms with Gasteiger partial charge in [-0.2, -0.15) is 4.98 Å². The number of rotatable bonds is 5. The summed E-state index contributed by atoms with van der Waals surface area (Å²) < 4.78 is 1.51. The average molecular weight is 450 g/mol. The number of nitrogens with one attached hydrogen (secondary N) is 2. The zero-order chi connectivity index (χ0) is 22.8. The third-order valence-electron chi connectivity index (χ3n) is 4.75. The van der Waals surface area contributed by atoms with Crippen LogP contribution in [0.3, 0.4) is 0 Å². The number of anilines is 3. The fourth-order valence-electron chi connectivity index (χ4n) is 3.38. The molecule has 4 rings (SSSR count). The average Bonchev–Trinajstić information content (AvgIpc) is 2.75. The number of nitrogens with zero attached hydrogens (tertiary/aromatic N) is 4. The highest BCUT2D eigenvalue weighted by molar-refractivity contribution is 6.35. The maximum Gasteiger partial charge on any atom is 0.267 e. The zero-order valence-electron chi connectivity index (χ0n) is 17.3. The Morgan fingerprint density at radius 2 is 1.88 bits per heavy atom. The molecule has 2 heterocycles. The molecule has 0 spiro atoms. The summed E-state index contributed by atoms with van der Waals surface area (Å²) in [5, 5.41) is 6.51. The van der Waals surface area contributed by atoms with Crippen molar-refractivity contribution in [3.05, 3.63) is 75.9 Å². The number of carbonyl (C=O) groups is 1. The van der Waals surface area contributed by atoms with Crippen LogP contribution in [0.25, 0.3) is 16.6 Å². The molecular formula is C22H20ClN7O2. The van der Waals surface area contributed by atoms with Crippen molar-refractivity contribution < 1.29 is 4.79 Å². The second-order valence-corrected chi connectivity index (χ2v) is 7.52. The summed E-state index contributed by atoms with van der Waals surface area (Å²) in [5.41, 5.74) is 6.93. The van der Waals surface area contributed by atoms with Crippen molar-refractivity contribution in [1.29, 1.82) is 0 Å². The molecule has 1 amide bonds. The predicted octanol–water partition coefficient (Wildman–Crippen LogP) is 3.54. The van der Waals surface area contributed by atoms with Crippen molar-refractivity contribution in [3.63, 3.8) is 0 Å². The molecule has 4 N–H and O–H groups in total. The van der Waals surface area contributed by atoms with Crippen LogP contribution in [0, 0.1) is 0 Å². The summed E-state index contributed by atoms with van der Waals surface area (Å²) >= 11 is 6.33. The molecule has 2 aromatic heterocycles. The van der Waals surface area contributed by atoms with E-state index in [1.165, 1.54) is 17.7 Å². The fourth-order valence-corrected chi connectivity index (χ4v) is 3.63. The van der Waals surface area contributed by atoms with E-state index in [1.54, 1.807) is 18.2 Å². The van der Waals surface area contributed by atoms with Gasteiger partial charge in [-0.3, -0.25) is 14.2 Å². The van der Waals surface area contributed by atoms with E-state index in [9.17, 15) is 9.59 Å².